The van der Waals surface area contributed by atoms with Crippen molar-refractivity contribution in [1.82, 2.24) is 15.3 Å². The molecule has 0 unspecified atom stereocenters. The van der Waals surface area contributed by atoms with Crippen LogP contribution in [0.1, 0.15) is 24.1 Å². The fourth-order valence-corrected chi connectivity index (χ4v) is 3.16. The third-order valence-electron chi connectivity index (χ3n) is 4.65. The summed E-state index contributed by atoms with van der Waals surface area (Å²) in [5.41, 5.74) is 1.53. The largest absolute Gasteiger partial charge is 0.493 e. The Bertz CT molecular complexity index is 854. The normalized spacial score (nSPS) is 13.6. The summed E-state index contributed by atoms with van der Waals surface area (Å²) in [6.45, 7) is 2.29. The Morgan fingerprint density at radius 3 is 2.45 bits per heavy atom. The van der Waals surface area contributed by atoms with Gasteiger partial charge < -0.3 is 24.4 Å². The lowest BCUT2D eigenvalue weighted by Crippen LogP contribution is -2.23. The molecule has 0 atom stereocenters. The van der Waals surface area contributed by atoms with Crippen molar-refractivity contribution in [3.63, 3.8) is 0 Å². The molecule has 2 heterocycles. The predicted octanol–water partition coefficient (Wildman–Crippen LogP) is 2.43. The summed E-state index contributed by atoms with van der Waals surface area (Å²) in [6.07, 6.45) is 7.21. The number of nitrogens with zero attached hydrogens (tertiary/aromatic N) is 3. The Labute approximate surface area is 170 Å². The summed E-state index contributed by atoms with van der Waals surface area (Å²) in [5.74, 6) is 2.07. The highest BCUT2D eigenvalue weighted by atomic mass is 16.5. The zero-order valence-corrected chi connectivity index (χ0v) is 17.0. The second-order valence-electron chi connectivity index (χ2n) is 6.55. The Morgan fingerprint density at radius 1 is 1.14 bits per heavy atom. The van der Waals surface area contributed by atoms with Gasteiger partial charge in [-0.1, -0.05) is 0 Å². The van der Waals surface area contributed by atoms with E-state index < -0.39 is 0 Å². The molecule has 2 aromatic rings. The summed E-state index contributed by atoms with van der Waals surface area (Å²) < 4.78 is 16.0. The van der Waals surface area contributed by atoms with Gasteiger partial charge in [0.05, 0.1) is 33.6 Å². The van der Waals surface area contributed by atoms with Crippen LogP contribution in [0.25, 0.3) is 6.08 Å². The first kappa shape index (κ1) is 20.4. The molecule has 1 aliphatic rings. The van der Waals surface area contributed by atoms with Crippen molar-refractivity contribution in [2.75, 3.05) is 39.3 Å². The fraction of sp³-hybridized carbons (Fsp3) is 0.381. The van der Waals surface area contributed by atoms with E-state index in [-0.39, 0.29) is 5.91 Å². The number of hydrogen-bond acceptors (Lipinski definition) is 7. The molecule has 1 amide bonds. The highest BCUT2D eigenvalue weighted by Gasteiger charge is 2.15. The molecule has 0 radical (unpaired) electrons. The van der Waals surface area contributed by atoms with Gasteiger partial charge in [-0.05, 0) is 42.7 Å². The SMILES string of the molecule is COc1cc(/C=C/C(=O)NCc2ccnc(N3CCCC3)n2)cc(OC)c1OC. The van der Waals surface area contributed by atoms with E-state index in [1.807, 2.05) is 6.07 Å². The molecule has 1 saturated heterocycles. The number of anilines is 1. The minimum absolute atomic E-state index is 0.222. The van der Waals surface area contributed by atoms with Crippen LogP contribution in [-0.4, -0.2) is 50.3 Å². The summed E-state index contributed by atoms with van der Waals surface area (Å²) in [7, 11) is 4.65. The number of amides is 1. The lowest BCUT2D eigenvalue weighted by Gasteiger charge is -2.15. The molecule has 8 heteroatoms. The van der Waals surface area contributed by atoms with Crippen LogP contribution in [0.3, 0.4) is 0 Å². The van der Waals surface area contributed by atoms with Gasteiger partial charge in [0.1, 0.15) is 0 Å². The molecule has 0 aliphatic carbocycles. The molecule has 0 bridgehead atoms. The van der Waals surface area contributed by atoms with E-state index in [0.717, 1.165) is 43.1 Å². The average Bonchev–Trinajstić information content (AvgIpc) is 3.30. The molecule has 154 valence electrons. The number of ether oxygens (including phenoxy) is 3. The number of rotatable bonds is 8. The molecule has 1 fully saturated rings. The topological polar surface area (TPSA) is 85.8 Å². The van der Waals surface area contributed by atoms with E-state index in [0.29, 0.717) is 23.8 Å². The second kappa shape index (κ2) is 9.77. The van der Waals surface area contributed by atoms with Crippen molar-refractivity contribution < 1.29 is 19.0 Å². The molecule has 1 aromatic carbocycles. The van der Waals surface area contributed by atoms with Crippen LogP contribution in [-0.2, 0) is 11.3 Å². The maximum atomic E-state index is 12.2. The van der Waals surface area contributed by atoms with Crippen molar-refractivity contribution >= 4 is 17.9 Å². The number of methoxy groups -OCH3 is 3. The fourth-order valence-electron chi connectivity index (χ4n) is 3.16. The van der Waals surface area contributed by atoms with Crippen LogP contribution >= 0.6 is 0 Å². The van der Waals surface area contributed by atoms with Gasteiger partial charge in [-0.25, -0.2) is 9.97 Å². The van der Waals surface area contributed by atoms with Crippen LogP contribution in [0.2, 0.25) is 0 Å². The number of carbonyl (C=O) groups is 1. The van der Waals surface area contributed by atoms with E-state index in [1.54, 1.807) is 45.7 Å². The van der Waals surface area contributed by atoms with Crippen molar-refractivity contribution in [1.29, 1.82) is 0 Å². The standard InChI is InChI=1S/C21H26N4O4/c1-27-17-12-15(13-18(28-2)20(17)29-3)6-7-19(26)23-14-16-8-9-22-21(24-16)25-10-4-5-11-25/h6-9,12-13H,4-5,10-11,14H2,1-3H3,(H,23,26)/b7-6+. The van der Waals surface area contributed by atoms with Gasteiger partial charge in [0.15, 0.2) is 11.5 Å². The third kappa shape index (κ3) is 5.16. The summed E-state index contributed by atoms with van der Waals surface area (Å²) >= 11 is 0. The van der Waals surface area contributed by atoms with E-state index in [1.165, 1.54) is 6.08 Å². The van der Waals surface area contributed by atoms with Gasteiger partial charge in [-0.2, -0.15) is 0 Å². The molecule has 1 aliphatic heterocycles. The van der Waals surface area contributed by atoms with Crippen molar-refractivity contribution in [3.8, 4) is 17.2 Å². The molecule has 1 N–H and O–H groups in total. The molecule has 8 nitrogen and oxygen atoms in total. The predicted molar refractivity (Wildman–Crippen MR) is 110 cm³/mol. The summed E-state index contributed by atoms with van der Waals surface area (Å²) in [5, 5.41) is 2.85. The monoisotopic (exact) mass is 398 g/mol. The summed E-state index contributed by atoms with van der Waals surface area (Å²) in [4.78, 5) is 23.3. The number of aromatic nitrogens is 2. The number of carbonyl (C=O) groups excluding carboxylic acids is 1. The average molecular weight is 398 g/mol. The second-order valence-corrected chi connectivity index (χ2v) is 6.55. The van der Waals surface area contributed by atoms with Gasteiger partial charge in [0, 0.05) is 25.4 Å². The zero-order valence-electron chi connectivity index (χ0n) is 17.0. The minimum atomic E-state index is -0.222. The van der Waals surface area contributed by atoms with E-state index in [4.69, 9.17) is 14.2 Å². The third-order valence-corrected chi connectivity index (χ3v) is 4.65. The number of hydrogen-bond donors (Lipinski definition) is 1. The van der Waals surface area contributed by atoms with Crippen LogP contribution in [0.5, 0.6) is 17.2 Å². The molecular formula is C21H26N4O4. The Balaban J connectivity index is 1.62. The minimum Gasteiger partial charge on any atom is -0.493 e. The maximum Gasteiger partial charge on any atom is 0.244 e. The quantitative estimate of drug-likeness (QED) is 0.684. The first-order valence-electron chi connectivity index (χ1n) is 9.47. The zero-order chi connectivity index (χ0) is 20.6. The maximum absolute atomic E-state index is 12.2. The van der Waals surface area contributed by atoms with Crippen molar-refractivity contribution in [2.24, 2.45) is 0 Å². The number of nitrogens with one attached hydrogen (secondary N) is 1. The summed E-state index contributed by atoms with van der Waals surface area (Å²) in [6, 6.07) is 5.36. The molecule has 3 rings (SSSR count). The molecule has 0 saturated carbocycles. The first-order chi connectivity index (χ1) is 14.1. The van der Waals surface area contributed by atoms with Gasteiger partial charge >= 0.3 is 0 Å². The van der Waals surface area contributed by atoms with Crippen LogP contribution in [0.15, 0.2) is 30.5 Å². The number of benzene rings is 1. The molecule has 1 aromatic heterocycles. The van der Waals surface area contributed by atoms with Gasteiger partial charge in [-0.15, -0.1) is 0 Å². The highest BCUT2D eigenvalue weighted by molar-refractivity contribution is 5.91. The molecule has 0 spiro atoms. The van der Waals surface area contributed by atoms with Crippen LogP contribution in [0, 0.1) is 0 Å². The van der Waals surface area contributed by atoms with Gasteiger partial charge in [0.25, 0.3) is 0 Å². The van der Waals surface area contributed by atoms with Gasteiger partial charge in [0.2, 0.25) is 17.6 Å². The molecule has 29 heavy (non-hydrogen) atoms. The van der Waals surface area contributed by atoms with Crippen molar-refractivity contribution in [3.05, 3.63) is 41.7 Å². The van der Waals surface area contributed by atoms with Crippen LogP contribution < -0.4 is 24.4 Å². The Kier molecular flexibility index (Phi) is 6.89. The van der Waals surface area contributed by atoms with Crippen molar-refractivity contribution in [2.45, 2.75) is 19.4 Å². The first-order valence-corrected chi connectivity index (χ1v) is 9.47. The lowest BCUT2D eigenvalue weighted by atomic mass is 10.1. The van der Waals surface area contributed by atoms with E-state index in [2.05, 4.69) is 20.2 Å². The Hall–Kier alpha value is -3.29. The van der Waals surface area contributed by atoms with Gasteiger partial charge in [-0.3, -0.25) is 4.79 Å². The smallest absolute Gasteiger partial charge is 0.244 e. The molecular weight excluding hydrogens is 372 g/mol. The van der Waals surface area contributed by atoms with Crippen LogP contribution in [0.4, 0.5) is 5.95 Å². The Morgan fingerprint density at radius 2 is 1.83 bits per heavy atom. The highest BCUT2D eigenvalue weighted by Crippen LogP contribution is 2.38. The lowest BCUT2D eigenvalue weighted by molar-refractivity contribution is -0.116. The van der Waals surface area contributed by atoms with E-state index >= 15 is 0 Å². The van der Waals surface area contributed by atoms with E-state index in [9.17, 15) is 4.79 Å².